The van der Waals surface area contributed by atoms with Gasteiger partial charge < -0.3 is 20.9 Å². The first-order chi connectivity index (χ1) is 8.42. The fourth-order valence-electron chi connectivity index (χ4n) is 1.47. The molecular formula is C12H24N2O4. The highest BCUT2D eigenvalue weighted by Gasteiger charge is 2.21. The van der Waals surface area contributed by atoms with Gasteiger partial charge in [0.05, 0.1) is 18.6 Å². The molecule has 0 heterocycles. The van der Waals surface area contributed by atoms with Crippen LogP contribution in [0.4, 0.5) is 0 Å². The zero-order valence-electron chi connectivity index (χ0n) is 11.3. The van der Waals surface area contributed by atoms with Crippen molar-refractivity contribution in [3.05, 3.63) is 0 Å². The quantitative estimate of drug-likeness (QED) is 0.555. The number of hydrogen-bond donors (Lipinski definition) is 3. The van der Waals surface area contributed by atoms with Crippen LogP contribution in [-0.2, 0) is 14.3 Å². The van der Waals surface area contributed by atoms with Gasteiger partial charge in [-0.3, -0.25) is 9.59 Å². The molecule has 0 aliphatic rings. The van der Waals surface area contributed by atoms with Gasteiger partial charge in [0.15, 0.2) is 0 Å². The maximum absolute atomic E-state index is 11.7. The van der Waals surface area contributed by atoms with Crippen LogP contribution in [0.1, 0.15) is 33.6 Å². The molecule has 0 aliphatic heterocycles. The minimum Gasteiger partial charge on any atom is -0.481 e. The molecule has 1 amide bonds. The summed E-state index contributed by atoms with van der Waals surface area (Å²) in [4.78, 5) is 22.3. The molecule has 0 spiro atoms. The molecule has 6 heteroatoms. The van der Waals surface area contributed by atoms with Crippen LogP contribution in [0.15, 0.2) is 0 Å². The van der Waals surface area contributed by atoms with E-state index in [4.69, 9.17) is 15.6 Å². The molecule has 0 aliphatic carbocycles. The van der Waals surface area contributed by atoms with Gasteiger partial charge in [-0.2, -0.15) is 0 Å². The van der Waals surface area contributed by atoms with Gasteiger partial charge in [0.1, 0.15) is 0 Å². The second-order valence-electron chi connectivity index (χ2n) is 4.33. The summed E-state index contributed by atoms with van der Waals surface area (Å²) in [5.41, 5.74) is 5.76. The summed E-state index contributed by atoms with van der Waals surface area (Å²) in [5.74, 6) is -1.12. The molecule has 0 aromatic rings. The number of nitrogens with two attached hydrogens (primary N) is 1. The largest absolute Gasteiger partial charge is 0.481 e. The molecule has 6 nitrogen and oxygen atoms in total. The Morgan fingerprint density at radius 3 is 2.44 bits per heavy atom. The van der Waals surface area contributed by atoms with Gasteiger partial charge in [0.2, 0.25) is 5.91 Å². The molecule has 0 fully saturated rings. The third kappa shape index (κ3) is 6.56. The highest BCUT2D eigenvalue weighted by Crippen LogP contribution is 2.05. The lowest BCUT2D eigenvalue weighted by atomic mass is 9.99. The van der Waals surface area contributed by atoms with Gasteiger partial charge in [-0.05, 0) is 12.8 Å². The fourth-order valence-corrected chi connectivity index (χ4v) is 1.47. The second kappa shape index (κ2) is 8.88. The van der Waals surface area contributed by atoms with Crippen molar-refractivity contribution in [3.63, 3.8) is 0 Å². The summed E-state index contributed by atoms with van der Waals surface area (Å²) < 4.78 is 5.23. The Kier molecular flexibility index (Phi) is 8.32. The maximum atomic E-state index is 11.7. The van der Waals surface area contributed by atoms with Crippen molar-refractivity contribution in [3.8, 4) is 0 Å². The number of carboxylic acids is 1. The molecular weight excluding hydrogens is 236 g/mol. The summed E-state index contributed by atoms with van der Waals surface area (Å²) >= 11 is 0. The SMILES string of the molecule is CCOC(CNC(=O)[C@@H](N)C(C)CC)CC(=O)O. The van der Waals surface area contributed by atoms with Gasteiger partial charge in [-0.15, -0.1) is 0 Å². The van der Waals surface area contributed by atoms with Crippen molar-refractivity contribution in [2.75, 3.05) is 13.2 Å². The molecule has 106 valence electrons. The predicted octanol–water partition coefficient (Wildman–Crippen LogP) is 0.356. The van der Waals surface area contributed by atoms with Gasteiger partial charge >= 0.3 is 5.97 Å². The van der Waals surface area contributed by atoms with Crippen LogP contribution in [-0.4, -0.2) is 42.3 Å². The van der Waals surface area contributed by atoms with Crippen molar-refractivity contribution in [2.45, 2.75) is 45.8 Å². The summed E-state index contributed by atoms with van der Waals surface area (Å²) in [7, 11) is 0. The highest BCUT2D eigenvalue weighted by molar-refractivity contribution is 5.81. The highest BCUT2D eigenvalue weighted by atomic mass is 16.5. The van der Waals surface area contributed by atoms with E-state index < -0.39 is 18.1 Å². The number of rotatable bonds is 9. The Morgan fingerprint density at radius 2 is 2.00 bits per heavy atom. The van der Waals surface area contributed by atoms with Crippen LogP contribution < -0.4 is 11.1 Å². The smallest absolute Gasteiger partial charge is 0.306 e. The lowest BCUT2D eigenvalue weighted by Gasteiger charge is -2.20. The van der Waals surface area contributed by atoms with Crippen molar-refractivity contribution in [1.82, 2.24) is 5.32 Å². The zero-order chi connectivity index (χ0) is 14.1. The van der Waals surface area contributed by atoms with Gasteiger partial charge in [0.25, 0.3) is 0 Å². The molecule has 0 bridgehead atoms. The number of ether oxygens (including phenoxy) is 1. The average Bonchev–Trinajstić information content (AvgIpc) is 2.33. The van der Waals surface area contributed by atoms with Crippen molar-refractivity contribution in [1.29, 1.82) is 0 Å². The van der Waals surface area contributed by atoms with Gasteiger partial charge in [-0.1, -0.05) is 20.3 Å². The minimum absolute atomic E-state index is 0.0926. The summed E-state index contributed by atoms with van der Waals surface area (Å²) in [5, 5.41) is 11.3. The van der Waals surface area contributed by atoms with E-state index in [1.165, 1.54) is 0 Å². The molecule has 0 aromatic heterocycles. The third-order valence-corrected chi connectivity index (χ3v) is 2.87. The van der Waals surface area contributed by atoms with E-state index in [1.54, 1.807) is 6.92 Å². The normalized spacial score (nSPS) is 15.8. The van der Waals surface area contributed by atoms with Crippen molar-refractivity contribution < 1.29 is 19.4 Å². The van der Waals surface area contributed by atoms with Crippen LogP contribution >= 0.6 is 0 Å². The number of aliphatic carboxylic acids is 1. The van der Waals surface area contributed by atoms with Gasteiger partial charge in [-0.25, -0.2) is 0 Å². The van der Waals surface area contributed by atoms with E-state index in [9.17, 15) is 9.59 Å². The van der Waals surface area contributed by atoms with E-state index in [0.717, 1.165) is 6.42 Å². The number of carboxylic acid groups (broad SMARTS) is 1. The molecule has 2 unspecified atom stereocenters. The predicted molar refractivity (Wildman–Crippen MR) is 68.1 cm³/mol. The molecule has 0 rings (SSSR count). The first-order valence-electron chi connectivity index (χ1n) is 6.28. The topological polar surface area (TPSA) is 102 Å². The third-order valence-electron chi connectivity index (χ3n) is 2.87. The Labute approximate surface area is 108 Å². The standard InChI is InChI=1S/C12H24N2O4/c1-4-8(3)11(13)12(17)14-7-9(18-5-2)6-10(15)16/h8-9,11H,4-7,13H2,1-3H3,(H,14,17)(H,15,16)/t8?,9?,11-/m0/s1. The number of carbonyl (C=O) groups is 2. The second-order valence-corrected chi connectivity index (χ2v) is 4.33. The van der Waals surface area contributed by atoms with E-state index >= 15 is 0 Å². The van der Waals surface area contributed by atoms with Gasteiger partial charge in [0, 0.05) is 13.2 Å². The average molecular weight is 260 g/mol. The summed E-state index contributed by atoms with van der Waals surface area (Å²) in [6.45, 7) is 6.22. The monoisotopic (exact) mass is 260 g/mol. The first-order valence-corrected chi connectivity index (χ1v) is 6.28. The van der Waals surface area contributed by atoms with E-state index in [-0.39, 0.29) is 24.8 Å². The molecule has 0 aromatic carbocycles. The van der Waals surface area contributed by atoms with Crippen LogP contribution in [0.25, 0.3) is 0 Å². The molecule has 0 saturated carbocycles. The Morgan fingerprint density at radius 1 is 1.39 bits per heavy atom. The van der Waals surface area contributed by atoms with Crippen molar-refractivity contribution in [2.24, 2.45) is 11.7 Å². The van der Waals surface area contributed by atoms with Crippen LogP contribution in [0.3, 0.4) is 0 Å². The number of carbonyl (C=O) groups excluding carboxylic acids is 1. The van der Waals surface area contributed by atoms with Crippen LogP contribution in [0.2, 0.25) is 0 Å². The van der Waals surface area contributed by atoms with Crippen LogP contribution in [0, 0.1) is 5.92 Å². The fraction of sp³-hybridized carbons (Fsp3) is 0.833. The summed E-state index contributed by atoms with van der Waals surface area (Å²) in [6, 6.07) is -0.567. The number of hydrogen-bond acceptors (Lipinski definition) is 4. The van der Waals surface area contributed by atoms with E-state index in [0.29, 0.717) is 6.61 Å². The number of nitrogens with one attached hydrogen (secondary N) is 1. The van der Waals surface area contributed by atoms with E-state index in [2.05, 4.69) is 5.32 Å². The maximum Gasteiger partial charge on any atom is 0.306 e. The molecule has 18 heavy (non-hydrogen) atoms. The Bertz CT molecular complexity index is 271. The van der Waals surface area contributed by atoms with Crippen LogP contribution in [0.5, 0.6) is 0 Å². The number of amides is 1. The molecule has 4 N–H and O–H groups in total. The molecule has 3 atom stereocenters. The Hall–Kier alpha value is -1.14. The summed E-state index contributed by atoms with van der Waals surface area (Å²) in [6.07, 6.45) is 0.172. The first kappa shape index (κ1) is 16.9. The molecule has 0 radical (unpaired) electrons. The Balaban J connectivity index is 4.17. The minimum atomic E-state index is -0.950. The molecule has 0 saturated heterocycles. The van der Waals surface area contributed by atoms with E-state index in [1.807, 2.05) is 13.8 Å². The lowest BCUT2D eigenvalue weighted by molar-refractivity contribution is -0.140. The van der Waals surface area contributed by atoms with Crippen molar-refractivity contribution >= 4 is 11.9 Å². The lowest BCUT2D eigenvalue weighted by Crippen LogP contribution is -2.47. The zero-order valence-corrected chi connectivity index (χ0v) is 11.3.